The fourth-order valence-corrected chi connectivity index (χ4v) is 4.67. The molecule has 0 atom stereocenters. The van der Waals surface area contributed by atoms with Gasteiger partial charge in [-0.1, -0.05) is 39.4 Å². The Morgan fingerprint density at radius 2 is 1.97 bits per heavy atom. The second-order valence-electron chi connectivity index (χ2n) is 7.80. The highest BCUT2D eigenvalue weighted by molar-refractivity contribution is 9.10. The summed E-state index contributed by atoms with van der Waals surface area (Å²) in [4.78, 5) is 22.5. The zero-order chi connectivity index (χ0) is 21.5. The Bertz CT molecular complexity index is 1310. The Morgan fingerprint density at radius 3 is 2.74 bits per heavy atom. The molecule has 5 rings (SSSR count). The van der Waals surface area contributed by atoms with E-state index in [1.54, 1.807) is 0 Å². The number of ether oxygens (including phenoxy) is 1. The third kappa shape index (κ3) is 4.34. The third-order valence-corrected chi connectivity index (χ3v) is 6.67. The third-order valence-electron chi connectivity index (χ3n) is 5.23. The molecule has 7 heteroatoms. The van der Waals surface area contributed by atoms with Crippen LogP contribution in [0.25, 0.3) is 10.9 Å². The number of carbonyl (C=O) groups is 1. The van der Waals surface area contributed by atoms with E-state index < -0.39 is 0 Å². The Balaban J connectivity index is 1.44. The molecule has 0 bridgehead atoms. The lowest BCUT2D eigenvalue weighted by atomic mass is 10.1. The van der Waals surface area contributed by atoms with Gasteiger partial charge in [-0.05, 0) is 68.7 Å². The molecule has 2 heterocycles. The number of nitrogens with zero attached hydrogens (tertiary/aromatic N) is 2. The van der Waals surface area contributed by atoms with Crippen molar-refractivity contribution < 1.29 is 9.53 Å². The molecule has 1 fully saturated rings. The first-order valence-electron chi connectivity index (χ1n) is 10.1. The minimum Gasteiger partial charge on any atom is -0.431 e. The monoisotopic (exact) mass is 493 g/mol. The zero-order valence-electron chi connectivity index (χ0n) is 17.1. The van der Waals surface area contributed by atoms with E-state index in [0.717, 1.165) is 50.9 Å². The van der Waals surface area contributed by atoms with Crippen molar-refractivity contribution >= 4 is 49.1 Å². The Morgan fingerprint density at radius 1 is 1.13 bits per heavy atom. The van der Waals surface area contributed by atoms with Crippen molar-refractivity contribution in [3.8, 4) is 10.9 Å². The number of halogens is 1. The van der Waals surface area contributed by atoms with Gasteiger partial charge in [-0.3, -0.25) is 9.78 Å². The van der Waals surface area contributed by atoms with Gasteiger partial charge >= 0.3 is 0 Å². The van der Waals surface area contributed by atoms with Gasteiger partial charge in [0.15, 0.2) is 0 Å². The van der Waals surface area contributed by atoms with Crippen molar-refractivity contribution in [1.29, 1.82) is 0 Å². The molecule has 1 amide bonds. The molecule has 4 aromatic rings. The summed E-state index contributed by atoms with van der Waals surface area (Å²) in [7, 11) is 0. The lowest BCUT2D eigenvalue weighted by Crippen LogP contribution is -2.13. The average Bonchev–Trinajstić information content (AvgIpc) is 3.52. The minimum absolute atomic E-state index is 0.166. The number of pyridine rings is 1. The maximum Gasteiger partial charge on any atom is 0.280 e. The number of thiazole rings is 1. The standard InChI is InChI=1S/C24H20BrN3O2S/c1-13-4-3-5-17(10-13)30-24-26-14(2)23(31-24)28-22(29)19-12-21(15-6-7-15)27-20-9-8-16(25)11-18(19)20/h3-5,8-12,15H,6-7H2,1-2H3,(H,28,29). The van der Waals surface area contributed by atoms with Crippen LogP contribution in [0.1, 0.15) is 46.1 Å². The number of hydrogen-bond acceptors (Lipinski definition) is 5. The molecule has 0 spiro atoms. The van der Waals surface area contributed by atoms with Crippen LogP contribution in [-0.2, 0) is 0 Å². The summed E-state index contributed by atoms with van der Waals surface area (Å²) in [6.45, 7) is 3.88. The Hall–Kier alpha value is -2.77. The molecule has 5 nitrogen and oxygen atoms in total. The van der Waals surface area contributed by atoms with Crippen LogP contribution in [-0.4, -0.2) is 15.9 Å². The molecular formula is C24H20BrN3O2S. The fourth-order valence-electron chi connectivity index (χ4n) is 3.48. The van der Waals surface area contributed by atoms with Gasteiger partial charge in [-0.25, -0.2) is 4.98 Å². The Kier molecular flexibility index (Phi) is 5.24. The number of aryl methyl sites for hydroxylation is 2. The number of anilines is 1. The average molecular weight is 494 g/mol. The van der Waals surface area contributed by atoms with Crippen LogP contribution >= 0.6 is 27.3 Å². The number of aromatic nitrogens is 2. The number of carbonyl (C=O) groups excluding carboxylic acids is 1. The first-order chi connectivity index (χ1) is 15.0. The van der Waals surface area contributed by atoms with Crippen LogP contribution in [0.4, 0.5) is 5.00 Å². The molecule has 1 N–H and O–H groups in total. The molecule has 1 saturated carbocycles. The van der Waals surface area contributed by atoms with Crippen molar-refractivity contribution in [2.45, 2.75) is 32.6 Å². The first-order valence-corrected chi connectivity index (χ1v) is 11.7. The second-order valence-corrected chi connectivity index (χ2v) is 9.67. The molecule has 1 aliphatic carbocycles. The van der Waals surface area contributed by atoms with Gasteiger partial charge in [-0.15, -0.1) is 0 Å². The summed E-state index contributed by atoms with van der Waals surface area (Å²) in [6.07, 6.45) is 2.26. The van der Waals surface area contributed by atoms with E-state index in [4.69, 9.17) is 9.72 Å². The van der Waals surface area contributed by atoms with Gasteiger partial charge in [0.2, 0.25) is 0 Å². The molecule has 31 heavy (non-hydrogen) atoms. The van der Waals surface area contributed by atoms with Crippen LogP contribution in [0.15, 0.2) is 53.0 Å². The van der Waals surface area contributed by atoms with Crippen LogP contribution in [0.2, 0.25) is 0 Å². The maximum atomic E-state index is 13.3. The smallest absolute Gasteiger partial charge is 0.280 e. The molecular weight excluding hydrogens is 474 g/mol. The molecule has 2 aromatic carbocycles. The second kappa shape index (κ2) is 8.05. The summed E-state index contributed by atoms with van der Waals surface area (Å²) in [5.74, 6) is 1.02. The van der Waals surface area contributed by atoms with Gasteiger partial charge in [0.25, 0.3) is 11.1 Å². The largest absolute Gasteiger partial charge is 0.431 e. The predicted octanol–water partition coefficient (Wildman–Crippen LogP) is 6.99. The number of nitrogens with one attached hydrogen (secondary N) is 1. The number of rotatable bonds is 5. The number of hydrogen-bond donors (Lipinski definition) is 1. The van der Waals surface area contributed by atoms with E-state index >= 15 is 0 Å². The maximum absolute atomic E-state index is 13.3. The highest BCUT2D eigenvalue weighted by Crippen LogP contribution is 2.41. The molecule has 1 aliphatic rings. The van der Waals surface area contributed by atoms with Crippen LogP contribution in [0, 0.1) is 13.8 Å². The van der Waals surface area contributed by atoms with E-state index in [-0.39, 0.29) is 5.91 Å². The summed E-state index contributed by atoms with van der Waals surface area (Å²) < 4.78 is 6.81. The normalized spacial score (nSPS) is 13.4. The van der Waals surface area contributed by atoms with E-state index in [1.165, 1.54) is 11.3 Å². The Labute approximate surface area is 192 Å². The summed E-state index contributed by atoms with van der Waals surface area (Å²) >= 11 is 4.83. The number of amides is 1. The molecule has 0 aliphatic heterocycles. The van der Waals surface area contributed by atoms with Crippen LogP contribution in [0.3, 0.4) is 0 Å². The molecule has 0 unspecified atom stereocenters. The highest BCUT2D eigenvalue weighted by Gasteiger charge is 2.27. The molecule has 0 radical (unpaired) electrons. The van der Waals surface area contributed by atoms with Crippen molar-refractivity contribution in [2.75, 3.05) is 5.32 Å². The lowest BCUT2D eigenvalue weighted by molar-refractivity contribution is 0.102. The summed E-state index contributed by atoms with van der Waals surface area (Å²) in [5.41, 5.74) is 4.29. The quantitative estimate of drug-likeness (QED) is 0.325. The van der Waals surface area contributed by atoms with Crippen molar-refractivity contribution in [1.82, 2.24) is 9.97 Å². The predicted molar refractivity (Wildman–Crippen MR) is 127 cm³/mol. The topological polar surface area (TPSA) is 64.1 Å². The van der Waals surface area contributed by atoms with Gasteiger partial charge in [0.1, 0.15) is 10.8 Å². The van der Waals surface area contributed by atoms with E-state index in [2.05, 4.69) is 26.2 Å². The van der Waals surface area contributed by atoms with Crippen molar-refractivity contribution in [3.05, 3.63) is 75.5 Å². The SMILES string of the molecule is Cc1cccc(Oc2nc(C)c(NC(=O)c3cc(C4CC4)nc4ccc(Br)cc34)s2)c1. The van der Waals surface area contributed by atoms with E-state index in [0.29, 0.717) is 21.7 Å². The molecule has 156 valence electrons. The summed E-state index contributed by atoms with van der Waals surface area (Å²) in [6, 6.07) is 15.6. The molecule has 0 saturated heterocycles. The van der Waals surface area contributed by atoms with Gasteiger partial charge in [-0.2, -0.15) is 0 Å². The first kappa shape index (κ1) is 20.2. The highest BCUT2D eigenvalue weighted by atomic mass is 79.9. The van der Waals surface area contributed by atoms with Crippen molar-refractivity contribution in [3.63, 3.8) is 0 Å². The summed E-state index contributed by atoms with van der Waals surface area (Å²) in [5, 5.41) is 5.05. The van der Waals surface area contributed by atoms with Gasteiger partial charge < -0.3 is 10.1 Å². The van der Waals surface area contributed by atoms with E-state index in [9.17, 15) is 4.79 Å². The zero-order valence-corrected chi connectivity index (χ0v) is 19.5. The number of benzene rings is 2. The van der Waals surface area contributed by atoms with E-state index in [1.807, 2.05) is 62.4 Å². The number of fused-ring (bicyclic) bond motifs is 1. The van der Waals surface area contributed by atoms with Gasteiger partial charge in [0.05, 0.1) is 16.8 Å². The molecule has 2 aromatic heterocycles. The van der Waals surface area contributed by atoms with Crippen LogP contribution < -0.4 is 10.1 Å². The fraction of sp³-hybridized carbons (Fsp3) is 0.208. The van der Waals surface area contributed by atoms with Crippen molar-refractivity contribution in [2.24, 2.45) is 0 Å². The minimum atomic E-state index is -0.166. The lowest BCUT2D eigenvalue weighted by Gasteiger charge is -2.10. The van der Waals surface area contributed by atoms with Crippen LogP contribution in [0.5, 0.6) is 10.9 Å². The van der Waals surface area contributed by atoms with Gasteiger partial charge in [0, 0.05) is 21.5 Å².